The number of pyridine rings is 1. The van der Waals surface area contributed by atoms with Gasteiger partial charge in [0, 0.05) is 29.9 Å². The SMILES string of the molecule is CNC(Cc1ccccn1)Cc1c(F)ccc(Br)c1F. The average Bonchev–Trinajstić information content (AvgIpc) is 2.47. The van der Waals surface area contributed by atoms with E-state index in [2.05, 4.69) is 26.2 Å². The highest BCUT2D eigenvalue weighted by atomic mass is 79.9. The van der Waals surface area contributed by atoms with Crippen molar-refractivity contribution in [2.75, 3.05) is 7.05 Å². The summed E-state index contributed by atoms with van der Waals surface area (Å²) in [5, 5.41) is 3.08. The summed E-state index contributed by atoms with van der Waals surface area (Å²) in [4.78, 5) is 4.23. The second-order valence-electron chi connectivity index (χ2n) is 4.54. The summed E-state index contributed by atoms with van der Waals surface area (Å²) in [5.41, 5.74) is 0.984. The van der Waals surface area contributed by atoms with Crippen LogP contribution >= 0.6 is 15.9 Å². The molecule has 2 aromatic rings. The normalized spacial score (nSPS) is 12.4. The molecule has 1 heterocycles. The molecule has 106 valence electrons. The summed E-state index contributed by atoms with van der Waals surface area (Å²) in [5.74, 6) is -1.06. The maximum absolute atomic E-state index is 14.0. The molecule has 1 atom stereocenters. The Morgan fingerprint density at radius 1 is 1.20 bits per heavy atom. The van der Waals surface area contributed by atoms with E-state index < -0.39 is 11.6 Å². The molecular weight excluding hydrogens is 326 g/mol. The molecule has 0 aliphatic heterocycles. The summed E-state index contributed by atoms with van der Waals surface area (Å²) in [6.07, 6.45) is 2.59. The van der Waals surface area contributed by atoms with Gasteiger partial charge in [0.05, 0.1) is 4.47 Å². The number of rotatable bonds is 5. The first kappa shape index (κ1) is 15.1. The van der Waals surface area contributed by atoms with Crippen molar-refractivity contribution in [3.8, 4) is 0 Å². The molecule has 0 bridgehead atoms. The van der Waals surface area contributed by atoms with Crippen LogP contribution in [0.4, 0.5) is 8.78 Å². The van der Waals surface area contributed by atoms with E-state index in [1.807, 2.05) is 18.2 Å². The second kappa shape index (κ2) is 6.90. The Hall–Kier alpha value is -1.33. The molecule has 0 saturated carbocycles. The number of halogens is 3. The molecule has 1 N–H and O–H groups in total. The molecule has 0 aliphatic rings. The van der Waals surface area contributed by atoms with Gasteiger partial charge < -0.3 is 5.32 Å². The van der Waals surface area contributed by atoms with Crippen molar-refractivity contribution < 1.29 is 8.78 Å². The number of hydrogen-bond donors (Lipinski definition) is 1. The van der Waals surface area contributed by atoms with Gasteiger partial charge >= 0.3 is 0 Å². The number of nitrogens with one attached hydrogen (secondary N) is 1. The molecule has 1 unspecified atom stereocenters. The fraction of sp³-hybridized carbons (Fsp3) is 0.267. The molecule has 0 fully saturated rings. The van der Waals surface area contributed by atoms with Gasteiger partial charge in [0.15, 0.2) is 0 Å². The van der Waals surface area contributed by atoms with E-state index in [-0.39, 0.29) is 22.5 Å². The molecular formula is C15H15BrF2N2. The smallest absolute Gasteiger partial charge is 0.143 e. The monoisotopic (exact) mass is 340 g/mol. The molecule has 1 aromatic heterocycles. The number of aromatic nitrogens is 1. The molecule has 5 heteroatoms. The minimum atomic E-state index is -0.536. The quantitative estimate of drug-likeness (QED) is 0.842. The summed E-state index contributed by atoms with van der Waals surface area (Å²) >= 11 is 3.08. The maximum Gasteiger partial charge on any atom is 0.143 e. The topological polar surface area (TPSA) is 24.9 Å². The predicted octanol–water partition coefficient (Wildman–Crippen LogP) is 3.50. The zero-order valence-corrected chi connectivity index (χ0v) is 12.6. The first-order valence-electron chi connectivity index (χ1n) is 6.31. The first-order chi connectivity index (χ1) is 9.61. The van der Waals surface area contributed by atoms with Crippen molar-refractivity contribution in [2.24, 2.45) is 0 Å². The Kier molecular flexibility index (Phi) is 5.20. The Bertz CT molecular complexity index is 576. The van der Waals surface area contributed by atoms with Crippen molar-refractivity contribution in [2.45, 2.75) is 18.9 Å². The van der Waals surface area contributed by atoms with Gasteiger partial charge in [0.2, 0.25) is 0 Å². The lowest BCUT2D eigenvalue weighted by Crippen LogP contribution is -2.31. The minimum absolute atomic E-state index is 0.0804. The molecule has 0 spiro atoms. The molecule has 0 radical (unpaired) electrons. The highest BCUT2D eigenvalue weighted by Gasteiger charge is 2.17. The maximum atomic E-state index is 14.0. The summed E-state index contributed by atoms with van der Waals surface area (Å²) in [6, 6.07) is 8.21. The van der Waals surface area contributed by atoms with Crippen LogP contribution in [-0.2, 0) is 12.8 Å². The van der Waals surface area contributed by atoms with Gasteiger partial charge in [0.25, 0.3) is 0 Å². The van der Waals surface area contributed by atoms with Crippen LogP contribution < -0.4 is 5.32 Å². The zero-order chi connectivity index (χ0) is 14.5. The van der Waals surface area contributed by atoms with Gasteiger partial charge in [-0.1, -0.05) is 6.07 Å². The van der Waals surface area contributed by atoms with Crippen molar-refractivity contribution in [1.29, 1.82) is 0 Å². The highest BCUT2D eigenvalue weighted by molar-refractivity contribution is 9.10. The minimum Gasteiger partial charge on any atom is -0.316 e. The Balaban J connectivity index is 2.17. The standard InChI is InChI=1S/C15H15BrF2N2/c1-19-11(8-10-4-2-3-7-20-10)9-12-14(17)6-5-13(16)15(12)18/h2-7,11,19H,8-9H2,1H3. The predicted molar refractivity (Wildman–Crippen MR) is 78.6 cm³/mol. The van der Waals surface area contributed by atoms with Crippen LogP contribution in [0.3, 0.4) is 0 Å². The van der Waals surface area contributed by atoms with Gasteiger partial charge in [-0.05, 0) is 53.7 Å². The third kappa shape index (κ3) is 3.61. The van der Waals surface area contributed by atoms with Crippen molar-refractivity contribution in [3.05, 3.63) is 63.9 Å². The lowest BCUT2D eigenvalue weighted by molar-refractivity contribution is 0.497. The van der Waals surface area contributed by atoms with Crippen LogP contribution in [0.2, 0.25) is 0 Å². The molecule has 2 nitrogen and oxygen atoms in total. The number of hydrogen-bond acceptors (Lipinski definition) is 2. The van der Waals surface area contributed by atoms with E-state index in [9.17, 15) is 8.78 Å². The Labute approximate surface area is 125 Å². The fourth-order valence-electron chi connectivity index (χ4n) is 2.05. The summed E-state index contributed by atoms with van der Waals surface area (Å²) in [7, 11) is 1.78. The van der Waals surface area contributed by atoms with E-state index in [1.165, 1.54) is 12.1 Å². The Morgan fingerprint density at radius 3 is 2.65 bits per heavy atom. The number of benzene rings is 1. The van der Waals surface area contributed by atoms with Gasteiger partial charge in [-0.25, -0.2) is 8.78 Å². The average molecular weight is 341 g/mol. The van der Waals surface area contributed by atoms with Gasteiger partial charge in [-0.3, -0.25) is 4.98 Å². The third-order valence-electron chi connectivity index (χ3n) is 3.18. The van der Waals surface area contributed by atoms with Gasteiger partial charge in [-0.15, -0.1) is 0 Å². The van der Waals surface area contributed by atoms with Crippen LogP contribution in [-0.4, -0.2) is 18.1 Å². The summed E-state index contributed by atoms with van der Waals surface area (Å²) < 4.78 is 28.0. The van der Waals surface area contributed by atoms with E-state index in [0.717, 1.165) is 5.69 Å². The molecule has 1 aromatic carbocycles. The second-order valence-corrected chi connectivity index (χ2v) is 5.39. The molecule has 0 saturated heterocycles. The van der Waals surface area contributed by atoms with Crippen LogP contribution in [0, 0.1) is 11.6 Å². The summed E-state index contributed by atoms with van der Waals surface area (Å²) in [6.45, 7) is 0. The molecule has 0 amide bonds. The molecule has 0 aliphatic carbocycles. The lowest BCUT2D eigenvalue weighted by atomic mass is 10.0. The number of likely N-dealkylation sites (N-methyl/N-ethyl adjacent to an activating group) is 1. The number of nitrogens with zero attached hydrogens (tertiary/aromatic N) is 1. The first-order valence-corrected chi connectivity index (χ1v) is 7.10. The van der Waals surface area contributed by atoms with E-state index in [1.54, 1.807) is 13.2 Å². The van der Waals surface area contributed by atoms with Crippen molar-refractivity contribution in [3.63, 3.8) is 0 Å². The lowest BCUT2D eigenvalue weighted by Gasteiger charge is -2.17. The highest BCUT2D eigenvalue weighted by Crippen LogP contribution is 2.23. The van der Waals surface area contributed by atoms with E-state index in [4.69, 9.17) is 0 Å². The van der Waals surface area contributed by atoms with E-state index in [0.29, 0.717) is 6.42 Å². The molecule has 20 heavy (non-hydrogen) atoms. The van der Waals surface area contributed by atoms with Crippen molar-refractivity contribution in [1.82, 2.24) is 10.3 Å². The van der Waals surface area contributed by atoms with Crippen LogP contribution in [0.25, 0.3) is 0 Å². The van der Waals surface area contributed by atoms with E-state index >= 15 is 0 Å². The van der Waals surface area contributed by atoms with Crippen LogP contribution in [0.1, 0.15) is 11.3 Å². The molecule has 2 rings (SSSR count). The third-order valence-corrected chi connectivity index (χ3v) is 3.79. The largest absolute Gasteiger partial charge is 0.316 e. The van der Waals surface area contributed by atoms with Gasteiger partial charge in [0.1, 0.15) is 11.6 Å². The van der Waals surface area contributed by atoms with Gasteiger partial charge in [-0.2, -0.15) is 0 Å². The van der Waals surface area contributed by atoms with Crippen LogP contribution in [0.5, 0.6) is 0 Å². The van der Waals surface area contributed by atoms with Crippen LogP contribution in [0.15, 0.2) is 41.0 Å². The zero-order valence-electron chi connectivity index (χ0n) is 11.0. The Morgan fingerprint density at radius 2 is 2.00 bits per heavy atom. The fourth-order valence-corrected chi connectivity index (χ4v) is 2.42. The van der Waals surface area contributed by atoms with Crippen molar-refractivity contribution >= 4 is 15.9 Å².